The van der Waals surface area contributed by atoms with E-state index in [9.17, 15) is 48.3 Å². The number of hydrogen-bond acceptors (Lipinski definition) is 15. The van der Waals surface area contributed by atoms with E-state index in [1.54, 1.807) is 13.8 Å². The van der Waals surface area contributed by atoms with Crippen molar-refractivity contribution in [3.05, 3.63) is 0 Å². The van der Waals surface area contributed by atoms with Gasteiger partial charge in [0, 0.05) is 57.7 Å². The second-order valence-electron chi connectivity index (χ2n) is 17.9. The summed E-state index contributed by atoms with van der Waals surface area (Å²) in [4.78, 5) is 104. The highest BCUT2D eigenvalue weighted by Gasteiger charge is 2.21. The van der Waals surface area contributed by atoms with Gasteiger partial charge in [0.15, 0.2) is 0 Å². The first-order valence-electron chi connectivity index (χ1n) is 26.4. The summed E-state index contributed by atoms with van der Waals surface area (Å²) in [5.74, 6) is -4.03. The zero-order valence-electron chi connectivity index (χ0n) is 44.3. The monoisotopic (exact) mass is 1060 g/mol. The van der Waals surface area contributed by atoms with E-state index in [-0.39, 0.29) is 145 Å². The van der Waals surface area contributed by atoms with Gasteiger partial charge in [-0.3, -0.25) is 38.4 Å². The van der Waals surface area contributed by atoms with Crippen molar-refractivity contribution in [1.82, 2.24) is 21.3 Å². The fourth-order valence-corrected chi connectivity index (χ4v) is 7.68. The third-order valence-corrected chi connectivity index (χ3v) is 12.3. The lowest BCUT2D eigenvalue weighted by Crippen LogP contribution is -2.41. The van der Waals surface area contributed by atoms with Gasteiger partial charge in [0.2, 0.25) is 23.6 Å². The van der Waals surface area contributed by atoms with Crippen molar-refractivity contribution in [3.8, 4) is 0 Å². The molecule has 0 saturated heterocycles. The maximum Gasteiger partial charge on any atom is 0.326 e. The molecule has 0 fully saturated rings. The lowest BCUT2D eigenvalue weighted by Gasteiger charge is -2.14. The summed E-state index contributed by atoms with van der Waals surface area (Å²) in [5.41, 5.74) is 5.09. The van der Waals surface area contributed by atoms with Crippen LogP contribution in [0.1, 0.15) is 168 Å². The molecule has 0 aromatic carbocycles. The third-order valence-electron chi connectivity index (χ3n) is 11.2. The molecule has 22 heteroatoms. The van der Waals surface area contributed by atoms with Crippen LogP contribution < -0.4 is 27.0 Å². The number of carboxylic acids is 3. The Hall–Kier alpha value is -4.22. The Morgan fingerprint density at radius 2 is 0.945 bits per heavy atom. The van der Waals surface area contributed by atoms with Crippen molar-refractivity contribution in [3.63, 3.8) is 0 Å². The maximum atomic E-state index is 12.4. The van der Waals surface area contributed by atoms with Crippen LogP contribution >= 0.6 is 11.8 Å². The van der Waals surface area contributed by atoms with Crippen molar-refractivity contribution < 1.29 is 77.4 Å². The molecule has 0 aliphatic heterocycles. The van der Waals surface area contributed by atoms with E-state index in [0.29, 0.717) is 31.6 Å². The first-order chi connectivity index (χ1) is 35.0. The van der Waals surface area contributed by atoms with Gasteiger partial charge in [0.1, 0.15) is 30.8 Å². The van der Waals surface area contributed by atoms with E-state index in [1.165, 1.54) is 76.5 Å². The first kappa shape index (κ1) is 70.9. The SMILES string of the molecule is CC(=O)[C@H](C)N.CC[C@@H](CSCC(=O)NCCNC(=O)COCCOCCNC(=O)COCCOCCCC(=O)CC[C@H](NC(=O)CCCCCCCCCCCCCCCCCCC(=O)O)C(=O)O)C(=O)O. The lowest BCUT2D eigenvalue weighted by molar-refractivity contribution is -0.142. The number of hydrogen-bond donors (Lipinski definition) is 8. The van der Waals surface area contributed by atoms with E-state index in [1.807, 2.05) is 0 Å². The van der Waals surface area contributed by atoms with E-state index in [0.717, 1.165) is 38.5 Å². The molecule has 0 aromatic heterocycles. The number of ether oxygens (including phenoxy) is 4. The number of amides is 4. The van der Waals surface area contributed by atoms with E-state index >= 15 is 0 Å². The van der Waals surface area contributed by atoms with Crippen LogP contribution in [-0.2, 0) is 62.1 Å². The number of ketones is 2. The molecular formula is C51H93N5O16S. The van der Waals surface area contributed by atoms with Crippen LogP contribution in [0.25, 0.3) is 0 Å². The Balaban J connectivity index is 0. The molecule has 0 aliphatic carbocycles. The zero-order valence-corrected chi connectivity index (χ0v) is 45.1. The summed E-state index contributed by atoms with van der Waals surface area (Å²) in [6.45, 7) is 6.61. The number of Topliss-reactive ketones (excluding diaryl/α,β-unsaturated/α-hetero) is 2. The summed E-state index contributed by atoms with van der Waals surface area (Å²) in [6.07, 6.45) is 19.6. The van der Waals surface area contributed by atoms with Crippen molar-refractivity contribution in [2.45, 2.75) is 181 Å². The first-order valence-corrected chi connectivity index (χ1v) is 27.6. The maximum absolute atomic E-state index is 12.4. The number of aliphatic carboxylic acids is 3. The predicted molar refractivity (Wildman–Crippen MR) is 279 cm³/mol. The fourth-order valence-electron chi connectivity index (χ4n) is 6.61. The van der Waals surface area contributed by atoms with E-state index in [2.05, 4.69) is 21.3 Å². The fraction of sp³-hybridized carbons (Fsp3) is 0.824. The van der Waals surface area contributed by atoms with Crippen LogP contribution in [0.2, 0.25) is 0 Å². The number of rotatable bonds is 51. The second-order valence-corrected chi connectivity index (χ2v) is 19.0. The average molecular weight is 1060 g/mol. The second kappa shape index (κ2) is 51.3. The molecule has 0 unspecified atom stereocenters. The highest BCUT2D eigenvalue weighted by Crippen LogP contribution is 2.15. The van der Waals surface area contributed by atoms with Crippen LogP contribution in [0.3, 0.4) is 0 Å². The summed E-state index contributed by atoms with van der Waals surface area (Å²) in [7, 11) is 0. The highest BCUT2D eigenvalue weighted by molar-refractivity contribution is 7.99. The molecule has 4 amide bonds. The van der Waals surface area contributed by atoms with Crippen LogP contribution in [0.15, 0.2) is 0 Å². The Bertz CT molecular complexity index is 1510. The van der Waals surface area contributed by atoms with E-state index in [4.69, 9.17) is 34.9 Å². The standard InChI is InChI=1S/C47H84N4O15S.C4H9NO/c1-2-38(46(59)60)36-67-37-44(56)49-26-25-48-42(54)34-66-33-31-64-29-27-50-43(55)35-65-32-30-63-28-19-20-39(52)23-24-40(47(61)62)51-41(53)21-17-15-13-11-9-7-5-3-4-6-8-10-12-14-16-18-22-45(57)58;1-3(5)4(2)6/h38,40H,2-37H2,1H3,(H,48,54)(H,49,56)(H,50,55)(H,51,53)(H,57,58)(H,59,60)(H,61,62);3H,5H2,1-2H3/t38-,40-;3-/m00/s1. The molecule has 0 rings (SSSR count). The van der Waals surface area contributed by atoms with Gasteiger partial charge in [-0.15, -0.1) is 0 Å². The number of thioether (sulfide) groups is 1. The molecule has 0 heterocycles. The minimum Gasteiger partial charge on any atom is -0.481 e. The lowest BCUT2D eigenvalue weighted by atomic mass is 10.0. The average Bonchev–Trinajstić information content (AvgIpc) is 3.34. The van der Waals surface area contributed by atoms with Crippen molar-refractivity contribution in [2.24, 2.45) is 11.7 Å². The van der Waals surface area contributed by atoms with Gasteiger partial charge in [-0.1, -0.05) is 96.8 Å². The topological polar surface area (TPSA) is 325 Å². The molecule has 9 N–H and O–H groups in total. The quantitative estimate of drug-likeness (QED) is 0.0373. The largest absolute Gasteiger partial charge is 0.481 e. The minimum atomic E-state index is -1.16. The minimum absolute atomic E-state index is 0.0290. The highest BCUT2D eigenvalue weighted by atomic mass is 32.2. The molecule has 0 saturated carbocycles. The molecule has 3 atom stereocenters. The molecule has 73 heavy (non-hydrogen) atoms. The number of nitrogens with one attached hydrogen (secondary N) is 4. The summed E-state index contributed by atoms with van der Waals surface area (Å²) in [5, 5.41) is 37.7. The van der Waals surface area contributed by atoms with Crippen LogP contribution in [-0.4, -0.2) is 165 Å². The molecule has 0 aromatic rings. The molecular weight excluding hydrogens is 971 g/mol. The number of carbonyl (C=O) groups is 9. The Morgan fingerprint density at radius 1 is 0.507 bits per heavy atom. The van der Waals surface area contributed by atoms with Crippen LogP contribution in [0.4, 0.5) is 0 Å². The predicted octanol–water partition coefficient (Wildman–Crippen LogP) is 4.97. The van der Waals surface area contributed by atoms with Gasteiger partial charge < -0.3 is 61.3 Å². The van der Waals surface area contributed by atoms with Gasteiger partial charge >= 0.3 is 17.9 Å². The van der Waals surface area contributed by atoms with Gasteiger partial charge in [0.25, 0.3) is 0 Å². The van der Waals surface area contributed by atoms with Gasteiger partial charge in [-0.05, 0) is 46.0 Å². The van der Waals surface area contributed by atoms with E-state index < -0.39 is 29.9 Å². The zero-order chi connectivity index (χ0) is 54.7. The molecule has 424 valence electrons. The molecule has 21 nitrogen and oxygen atoms in total. The third kappa shape index (κ3) is 52.4. The molecule has 0 aliphatic rings. The van der Waals surface area contributed by atoms with Crippen molar-refractivity contribution >= 4 is 64.9 Å². The van der Waals surface area contributed by atoms with Crippen LogP contribution in [0.5, 0.6) is 0 Å². The van der Waals surface area contributed by atoms with Gasteiger partial charge in [0.05, 0.1) is 50.7 Å². The molecule has 0 spiro atoms. The normalized spacial score (nSPS) is 12.1. The summed E-state index contributed by atoms with van der Waals surface area (Å²) in [6, 6.07) is -1.39. The smallest absolute Gasteiger partial charge is 0.326 e. The number of carbonyl (C=O) groups excluding carboxylic acids is 6. The summed E-state index contributed by atoms with van der Waals surface area (Å²) < 4.78 is 21.4. The number of unbranched alkanes of at least 4 members (excludes halogenated alkanes) is 15. The van der Waals surface area contributed by atoms with Gasteiger partial charge in [-0.2, -0.15) is 11.8 Å². The van der Waals surface area contributed by atoms with Crippen molar-refractivity contribution in [2.75, 3.05) is 84.0 Å². The number of carboxylic acid groups (broad SMARTS) is 3. The Labute approximate surface area is 438 Å². The van der Waals surface area contributed by atoms with Gasteiger partial charge in [-0.25, -0.2) is 4.79 Å². The molecule has 0 radical (unpaired) electrons. The summed E-state index contributed by atoms with van der Waals surface area (Å²) >= 11 is 1.25. The Morgan fingerprint density at radius 3 is 1.40 bits per heavy atom. The number of nitrogens with two attached hydrogens (primary N) is 1. The van der Waals surface area contributed by atoms with Crippen molar-refractivity contribution in [1.29, 1.82) is 0 Å². The molecule has 0 bridgehead atoms. The Kier molecular flexibility index (Phi) is 49.8. The van der Waals surface area contributed by atoms with Crippen LogP contribution in [0, 0.1) is 5.92 Å².